The molecule has 0 radical (unpaired) electrons. The number of ether oxygens (including phenoxy) is 1. The number of carbonyl (C=O) groups is 1. The molecule has 1 heterocycles. The van der Waals surface area contributed by atoms with Crippen molar-refractivity contribution in [1.29, 1.82) is 0 Å². The Hall–Kier alpha value is -3.54. The molecule has 0 saturated carbocycles. The Morgan fingerprint density at radius 3 is 2.58 bits per heavy atom. The van der Waals surface area contributed by atoms with Crippen LogP contribution in [0.3, 0.4) is 0 Å². The molecule has 3 aromatic carbocycles. The molecule has 0 saturated heterocycles. The lowest BCUT2D eigenvalue weighted by Gasteiger charge is -2.10. The zero-order valence-electron chi connectivity index (χ0n) is 16.5. The van der Waals surface area contributed by atoms with E-state index in [9.17, 15) is 9.90 Å². The lowest BCUT2D eigenvalue weighted by Crippen LogP contribution is -2.12. The number of nitrogens with one attached hydrogen (secondary N) is 1. The third kappa shape index (κ3) is 5.15. The molecule has 0 aliphatic carbocycles. The first-order chi connectivity index (χ1) is 15.1. The molecule has 6 heteroatoms. The lowest BCUT2D eigenvalue weighted by atomic mass is 10.1. The summed E-state index contributed by atoms with van der Waals surface area (Å²) >= 11 is 6.29. The Balaban J connectivity index is 1.47. The Morgan fingerprint density at radius 2 is 1.81 bits per heavy atom. The van der Waals surface area contributed by atoms with Crippen LogP contribution in [-0.4, -0.2) is 11.0 Å². The molecule has 31 heavy (non-hydrogen) atoms. The summed E-state index contributed by atoms with van der Waals surface area (Å²) in [6, 6.07) is 25.4. The van der Waals surface area contributed by atoms with E-state index in [1.54, 1.807) is 48.5 Å². The van der Waals surface area contributed by atoms with E-state index < -0.39 is 0 Å². The highest BCUT2D eigenvalue weighted by atomic mass is 35.5. The fourth-order valence-electron chi connectivity index (χ4n) is 3.07. The van der Waals surface area contributed by atoms with Gasteiger partial charge in [0.2, 0.25) is 0 Å². The second-order valence-electron chi connectivity index (χ2n) is 6.87. The van der Waals surface area contributed by atoms with Gasteiger partial charge in [0.25, 0.3) is 5.91 Å². The molecule has 0 spiro atoms. The van der Waals surface area contributed by atoms with Gasteiger partial charge in [0.05, 0.1) is 5.02 Å². The number of carbonyl (C=O) groups excluding carboxylic acids is 1. The number of anilines is 1. The van der Waals surface area contributed by atoms with E-state index in [2.05, 4.69) is 5.32 Å². The highest BCUT2D eigenvalue weighted by Gasteiger charge is 2.12. The van der Waals surface area contributed by atoms with Crippen molar-refractivity contribution >= 4 is 23.2 Å². The molecule has 0 aliphatic heterocycles. The first kappa shape index (κ1) is 20.7. The Morgan fingerprint density at radius 1 is 0.968 bits per heavy atom. The maximum atomic E-state index is 12.8. The number of aliphatic hydroxyl groups excluding tert-OH is 1. The summed E-state index contributed by atoms with van der Waals surface area (Å²) in [7, 11) is 0. The molecular formula is C25H20ClNO4. The van der Waals surface area contributed by atoms with Gasteiger partial charge in [-0.2, -0.15) is 0 Å². The van der Waals surface area contributed by atoms with Gasteiger partial charge in [-0.05, 0) is 54.1 Å². The second-order valence-corrected chi connectivity index (χ2v) is 7.28. The number of rotatable bonds is 7. The van der Waals surface area contributed by atoms with Gasteiger partial charge < -0.3 is 19.6 Å². The molecule has 0 unspecified atom stereocenters. The van der Waals surface area contributed by atoms with Crippen LogP contribution in [0.1, 0.15) is 21.7 Å². The maximum Gasteiger partial charge on any atom is 0.255 e. The van der Waals surface area contributed by atoms with Crippen molar-refractivity contribution in [2.75, 3.05) is 5.32 Å². The van der Waals surface area contributed by atoms with Gasteiger partial charge in [0, 0.05) is 16.8 Å². The van der Waals surface area contributed by atoms with Crippen LogP contribution in [0.15, 0.2) is 89.3 Å². The van der Waals surface area contributed by atoms with Crippen molar-refractivity contribution in [2.24, 2.45) is 0 Å². The van der Waals surface area contributed by atoms with Crippen molar-refractivity contribution in [3.63, 3.8) is 0 Å². The summed E-state index contributed by atoms with van der Waals surface area (Å²) in [6.45, 7) is 0.224. The maximum absolute atomic E-state index is 12.8. The zero-order valence-corrected chi connectivity index (χ0v) is 17.3. The monoisotopic (exact) mass is 433 g/mol. The van der Waals surface area contributed by atoms with Gasteiger partial charge in [-0.3, -0.25) is 4.79 Å². The van der Waals surface area contributed by atoms with Crippen LogP contribution in [0.4, 0.5) is 5.69 Å². The number of hydrogen-bond acceptors (Lipinski definition) is 4. The molecule has 1 amide bonds. The highest BCUT2D eigenvalue weighted by molar-refractivity contribution is 6.33. The van der Waals surface area contributed by atoms with Crippen LogP contribution < -0.4 is 10.1 Å². The summed E-state index contributed by atoms with van der Waals surface area (Å²) < 4.78 is 11.4. The number of amides is 1. The summed E-state index contributed by atoms with van der Waals surface area (Å²) in [6.07, 6.45) is 0. The van der Waals surface area contributed by atoms with E-state index in [0.717, 1.165) is 5.56 Å². The number of aliphatic hydroxyl groups is 1. The average Bonchev–Trinajstić information content (AvgIpc) is 3.29. The van der Waals surface area contributed by atoms with Gasteiger partial charge in [-0.1, -0.05) is 48.0 Å². The van der Waals surface area contributed by atoms with Crippen LogP contribution in [-0.2, 0) is 13.2 Å². The Labute approximate surface area is 184 Å². The van der Waals surface area contributed by atoms with Crippen LogP contribution in [0.5, 0.6) is 5.75 Å². The standard InChI is InChI=1S/C25H20ClNO4/c26-23-11-9-19(14-22(23)24-12-10-21(15-28)31-24)27-25(29)18-7-4-8-20(13-18)30-16-17-5-2-1-3-6-17/h1-14,28H,15-16H2,(H,27,29). The summed E-state index contributed by atoms with van der Waals surface area (Å²) in [5.41, 5.74) is 2.72. The van der Waals surface area contributed by atoms with Crippen molar-refractivity contribution < 1.29 is 19.1 Å². The molecule has 0 atom stereocenters. The van der Waals surface area contributed by atoms with Gasteiger partial charge in [0.15, 0.2) is 0 Å². The number of hydrogen-bond donors (Lipinski definition) is 2. The Kier molecular flexibility index (Phi) is 6.36. The molecule has 2 N–H and O–H groups in total. The van der Waals surface area contributed by atoms with Crippen LogP contribution in [0.25, 0.3) is 11.3 Å². The molecule has 5 nitrogen and oxygen atoms in total. The quantitative estimate of drug-likeness (QED) is 0.379. The summed E-state index contributed by atoms with van der Waals surface area (Å²) in [5.74, 6) is 1.30. The molecule has 4 rings (SSSR count). The Bertz CT molecular complexity index is 1190. The van der Waals surface area contributed by atoms with Crippen LogP contribution >= 0.6 is 11.6 Å². The highest BCUT2D eigenvalue weighted by Crippen LogP contribution is 2.32. The molecule has 1 aromatic heterocycles. The number of furan rings is 1. The van der Waals surface area contributed by atoms with Crippen LogP contribution in [0.2, 0.25) is 5.02 Å². The van der Waals surface area contributed by atoms with Crippen molar-refractivity contribution in [1.82, 2.24) is 0 Å². The van der Waals surface area contributed by atoms with Gasteiger partial charge in [0.1, 0.15) is 30.5 Å². The van der Waals surface area contributed by atoms with E-state index in [1.165, 1.54) is 0 Å². The second kappa shape index (κ2) is 9.51. The summed E-state index contributed by atoms with van der Waals surface area (Å²) in [4.78, 5) is 12.8. The first-order valence-electron chi connectivity index (χ1n) is 9.70. The average molecular weight is 434 g/mol. The first-order valence-corrected chi connectivity index (χ1v) is 10.1. The third-order valence-electron chi connectivity index (χ3n) is 4.65. The van der Waals surface area contributed by atoms with E-state index in [-0.39, 0.29) is 12.5 Å². The van der Waals surface area contributed by atoms with Gasteiger partial charge in [-0.15, -0.1) is 0 Å². The molecule has 0 bridgehead atoms. The topological polar surface area (TPSA) is 71.7 Å². The van der Waals surface area contributed by atoms with Crippen molar-refractivity contribution in [2.45, 2.75) is 13.2 Å². The minimum Gasteiger partial charge on any atom is -0.489 e. The van der Waals surface area contributed by atoms with E-state index in [4.69, 9.17) is 20.8 Å². The van der Waals surface area contributed by atoms with Crippen molar-refractivity contribution in [3.8, 4) is 17.1 Å². The predicted octanol–water partition coefficient (Wildman–Crippen LogP) is 5.92. The SMILES string of the molecule is O=C(Nc1ccc(Cl)c(-c2ccc(CO)o2)c1)c1cccc(OCc2ccccc2)c1. The number of halogens is 1. The molecule has 0 fully saturated rings. The summed E-state index contributed by atoms with van der Waals surface area (Å²) in [5, 5.41) is 12.6. The smallest absolute Gasteiger partial charge is 0.255 e. The largest absolute Gasteiger partial charge is 0.489 e. The van der Waals surface area contributed by atoms with Gasteiger partial charge >= 0.3 is 0 Å². The van der Waals surface area contributed by atoms with Crippen molar-refractivity contribution in [3.05, 3.63) is 107 Å². The lowest BCUT2D eigenvalue weighted by molar-refractivity contribution is 0.102. The molecule has 156 valence electrons. The minimum absolute atomic E-state index is 0.198. The third-order valence-corrected chi connectivity index (χ3v) is 4.98. The van der Waals surface area contributed by atoms with Crippen LogP contribution in [0, 0.1) is 0 Å². The molecule has 0 aliphatic rings. The molecular weight excluding hydrogens is 414 g/mol. The fraction of sp³-hybridized carbons (Fsp3) is 0.0800. The number of benzene rings is 3. The minimum atomic E-state index is -0.270. The van der Waals surface area contributed by atoms with E-state index in [1.807, 2.05) is 36.4 Å². The molecule has 4 aromatic rings. The van der Waals surface area contributed by atoms with E-state index in [0.29, 0.717) is 45.7 Å². The fourth-order valence-corrected chi connectivity index (χ4v) is 3.28. The normalized spacial score (nSPS) is 10.6. The predicted molar refractivity (Wildman–Crippen MR) is 120 cm³/mol. The van der Waals surface area contributed by atoms with Gasteiger partial charge in [-0.25, -0.2) is 0 Å². The zero-order chi connectivity index (χ0) is 21.6. The van der Waals surface area contributed by atoms with E-state index >= 15 is 0 Å².